The van der Waals surface area contributed by atoms with Crippen molar-refractivity contribution >= 4 is 28.7 Å². The Balaban J connectivity index is 2.32. The first kappa shape index (κ1) is 6.12. The molecular weight excluding hydrogens is 221 g/mol. The highest BCUT2D eigenvalue weighted by molar-refractivity contribution is 14.1. The van der Waals surface area contributed by atoms with Crippen LogP contribution in [0.4, 0.5) is 4.79 Å². The third-order valence-corrected chi connectivity index (χ3v) is 1.90. The van der Waals surface area contributed by atoms with E-state index in [4.69, 9.17) is 4.74 Å². The molecule has 1 N–H and O–H groups in total. The predicted molar refractivity (Wildman–Crippen MR) is 37.2 cm³/mol. The van der Waals surface area contributed by atoms with Crippen molar-refractivity contribution in [2.45, 2.75) is 6.10 Å². The fourth-order valence-corrected chi connectivity index (χ4v) is 1.01. The maximum Gasteiger partial charge on any atom is 0.407 e. The van der Waals surface area contributed by atoms with Crippen LogP contribution in [0.25, 0.3) is 0 Å². The maximum absolute atomic E-state index is 10.3. The molecule has 1 aliphatic rings. The third kappa shape index (κ3) is 1.24. The lowest BCUT2D eigenvalue weighted by atomic mass is 10.4. The lowest BCUT2D eigenvalue weighted by Crippen LogP contribution is -2.15. The van der Waals surface area contributed by atoms with E-state index in [-0.39, 0.29) is 12.2 Å². The van der Waals surface area contributed by atoms with Gasteiger partial charge in [-0.25, -0.2) is 4.79 Å². The van der Waals surface area contributed by atoms with Crippen LogP contribution in [0.15, 0.2) is 0 Å². The fourth-order valence-electron chi connectivity index (χ4n) is 0.518. The molecule has 0 aromatic rings. The van der Waals surface area contributed by atoms with Gasteiger partial charge in [-0.15, -0.1) is 0 Å². The topological polar surface area (TPSA) is 38.3 Å². The minimum absolute atomic E-state index is 0.100. The van der Waals surface area contributed by atoms with Crippen LogP contribution in [0, 0.1) is 0 Å². The summed E-state index contributed by atoms with van der Waals surface area (Å²) in [5.74, 6) is 0. The van der Waals surface area contributed by atoms with Gasteiger partial charge >= 0.3 is 6.09 Å². The molecule has 0 bridgehead atoms. The second-order valence-electron chi connectivity index (χ2n) is 1.56. The maximum atomic E-state index is 10.3. The van der Waals surface area contributed by atoms with E-state index < -0.39 is 0 Å². The normalized spacial score (nSPS) is 27.1. The number of hydrogen-bond acceptors (Lipinski definition) is 2. The molecule has 1 unspecified atom stereocenters. The van der Waals surface area contributed by atoms with Crippen LogP contribution < -0.4 is 5.32 Å². The number of amides is 1. The lowest BCUT2D eigenvalue weighted by molar-refractivity contribution is 0.151. The Hall–Kier alpha value is -0.0000000000000000555. The predicted octanol–water partition coefficient (Wildman–Crippen LogP) is 0.530. The average molecular weight is 227 g/mol. The molecule has 8 heavy (non-hydrogen) atoms. The number of nitrogens with one attached hydrogen (secondary N) is 1. The van der Waals surface area contributed by atoms with Gasteiger partial charge in [0, 0.05) is 4.43 Å². The van der Waals surface area contributed by atoms with Crippen LogP contribution in [-0.4, -0.2) is 23.2 Å². The standard InChI is InChI=1S/C4H6INO2/c5-1-3-2-6-4(7)8-3/h3H,1-2H2,(H,6,7). The van der Waals surface area contributed by atoms with Gasteiger partial charge < -0.3 is 10.1 Å². The zero-order valence-electron chi connectivity index (χ0n) is 4.19. The molecular formula is C4H6INO2. The SMILES string of the molecule is O=C1NCC(CI)O1. The van der Waals surface area contributed by atoms with Crippen LogP contribution in [-0.2, 0) is 4.74 Å². The van der Waals surface area contributed by atoms with Gasteiger partial charge in [0.05, 0.1) is 6.54 Å². The van der Waals surface area contributed by atoms with Gasteiger partial charge in [0.2, 0.25) is 0 Å². The summed E-state index contributed by atoms with van der Waals surface area (Å²) in [5.41, 5.74) is 0. The number of alkyl halides is 1. The monoisotopic (exact) mass is 227 g/mol. The fraction of sp³-hybridized carbons (Fsp3) is 0.750. The summed E-state index contributed by atoms with van der Waals surface area (Å²) in [6.45, 7) is 0.668. The van der Waals surface area contributed by atoms with Crippen LogP contribution in [0.5, 0.6) is 0 Å². The van der Waals surface area contributed by atoms with Crippen molar-refractivity contribution < 1.29 is 9.53 Å². The van der Waals surface area contributed by atoms with Gasteiger partial charge in [-0.1, -0.05) is 22.6 Å². The highest BCUT2D eigenvalue weighted by Crippen LogP contribution is 2.02. The van der Waals surface area contributed by atoms with Crippen LogP contribution in [0.3, 0.4) is 0 Å². The Morgan fingerprint density at radius 3 is 3.00 bits per heavy atom. The second-order valence-corrected chi connectivity index (χ2v) is 2.44. The third-order valence-electron chi connectivity index (χ3n) is 0.920. The smallest absolute Gasteiger partial charge is 0.407 e. The van der Waals surface area contributed by atoms with Crippen molar-refractivity contribution in [2.24, 2.45) is 0 Å². The molecule has 0 aromatic heterocycles. The van der Waals surface area contributed by atoms with E-state index in [9.17, 15) is 4.79 Å². The van der Waals surface area contributed by atoms with Gasteiger partial charge in [0.15, 0.2) is 0 Å². The van der Waals surface area contributed by atoms with E-state index in [2.05, 4.69) is 27.9 Å². The first-order valence-corrected chi connectivity index (χ1v) is 3.86. The van der Waals surface area contributed by atoms with E-state index >= 15 is 0 Å². The zero-order chi connectivity index (χ0) is 5.98. The first-order chi connectivity index (χ1) is 3.83. The van der Waals surface area contributed by atoms with Crippen molar-refractivity contribution in [2.75, 3.05) is 11.0 Å². The van der Waals surface area contributed by atoms with E-state index in [1.807, 2.05) is 0 Å². The number of ether oxygens (including phenoxy) is 1. The first-order valence-electron chi connectivity index (χ1n) is 2.33. The summed E-state index contributed by atoms with van der Waals surface area (Å²) in [7, 11) is 0. The van der Waals surface area contributed by atoms with Crippen LogP contribution >= 0.6 is 22.6 Å². The second kappa shape index (κ2) is 2.52. The highest BCUT2D eigenvalue weighted by Gasteiger charge is 2.20. The van der Waals surface area contributed by atoms with Crippen molar-refractivity contribution in [3.05, 3.63) is 0 Å². The molecule has 1 fully saturated rings. The van der Waals surface area contributed by atoms with E-state index in [1.165, 1.54) is 0 Å². The van der Waals surface area contributed by atoms with E-state index in [1.54, 1.807) is 0 Å². The van der Waals surface area contributed by atoms with Gasteiger partial charge in [0.25, 0.3) is 0 Å². The molecule has 0 radical (unpaired) electrons. The molecule has 0 aromatic carbocycles. The summed E-state index contributed by atoms with van der Waals surface area (Å²) >= 11 is 2.18. The Morgan fingerprint density at radius 2 is 2.75 bits per heavy atom. The highest BCUT2D eigenvalue weighted by atomic mass is 127. The number of alkyl carbamates (subject to hydrolysis) is 1. The van der Waals surface area contributed by atoms with Crippen molar-refractivity contribution in [3.8, 4) is 0 Å². The van der Waals surface area contributed by atoms with Gasteiger partial charge in [-0.05, 0) is 0 Å². The summed E-state index contributed by atoms with van der Waals surface area (Å²) in [6.07, 6.45) is -0.185. The van der Waals surface area contributed by atoms with Gasteiger partial charge in [-0.2, -0.15) is 0 Å². The molecule has 1 aliphatic heterocycles. The molecule has 4 heteroatoms. The largest absolute Gasteiger partial charge is 0.444 e. The molecule has 1 saturated heterocycles. The Labute approximate surface area is 60.9 Å². The van der Waals surface area contributed by atoms with Crippen LogP contribution in [0.2, 0.25) is 0 Å². The molecule has 1 atom stereocenters. The molecule has 1 amide bonds. The molecule has 0 aliphatic carbocycles. The van der Waals surface area contributed by atoms with Gasteiger partial charge in [-0.3, -0.25) is 0 Å². The summed E-state index contributed by atoms with van der Waals surface area (Å²) in [4.78, 5) is 10.3. The number of carbonyl (C=O) groups is 1. The Morgan fingerprint density at radius 1 is 2.00 bits per heavy atom. The Bertz CT molecular complexity index is 106. The summed E-state index contributed by atoms with van der Waals surface area (Å²) in [6, 6.07) is 0. The van der Waals surface area contributed by atoms with Gasteiger partial charge in [0.1, 0.15) is 6.10 Å². The van der Waals surface area contributed by atoms with Crippen molar-refractivity contribution in [3.63, 3.8) is 0 Å². The number of carbonyl (C=O) groups excluding carboxylic acids is 1. The van der Waals surface area contributed by atoms with Crippen LogP contribution in [0.1, 0.15) is 0 Å². The number of hydrogen-bond donors (Lipinski definition) is 1. The van der Waals surface area contributed by atoms with E-state index in [0.717, 1.165) is 4.43 Å². The lowest BCUT2D eigenvalue weighted by Gasteiger charge is -1.98. The van der Waals surface area contributed by atoms with Crippen molar-refractivity contribution in [1.29, 1.82) is 0 Å². The quantitative estimate of drug-likeness (QED) is 0.524. The van der Waals surface area contributed by atoms with Crippen molar-refractivity contribution in [1.82, 2.24) is 5.32 Å². The Kier molecular flexibility index (Phi) is 1.93. The minimum atomic E-state index is -0.285. The zero-order valence-corrected chi connectivity index (χ0v) is 6.34. The molecule has 0 spiro atoms. The summed E-state index contributed by atoms with van der Waals surface area (Å²) in [5, 5.41) is 2.55. The average Bonchev–Trinajstić information content (AvgIpc) is 2.14. The number of cyclic esters (lactones) is 1. The van der Waals surface area contributed by atoms with E-state index in [0.29, 0.717) is 6.54 Å². The molecule has 0 saturated carbocycles. The molecule has 1 rings (SSSR count). The molecule has 1 heterocycles. The molecule has 46 valence electrons. The number of halogens is 1. The summed E-state index contributed by atoms with van der Waals surface area (Å²) < 4.78 is 5.62. The molecule has 3 nitrogen and oxygen atoms in total. The minimum Gasteiger partial charge on any atom is -0.444 e. The number of rotatable bonds is 1.